The molecule has 0 N–H and O–H groups in total. The highest BCUT2D eigenvalue weighted by atomic mass is 16.5. The van der Waals surface area contributed by atoms with Crippen LogP contribution in [0, 0.1) is 0 Å². The monoisotopic (exact) mass is 330 g/mol. The van der Waals surface area contributed by atoms with Gasteiger partial charge in [-0.05, 0) is 38.2 Å². The molecule has 1 amide bonds. The van der Waals surface area contributed by atoms with E-state index in [2.05, 4.69) is 10.3 Å². The standard InChI is InChI=1S/C17H22N4O3/c22-17(16-14-5-1-2-6-15(14)19-24-16)20-8-4-10-23-13(11-20)12-21-9-3-7-18-21/h3,7,9,13H,1-2,4-6,8,10-12H2/t13-/m1/s1. The Morgan fingerprint density at radius 1 is 1.29 bits per heavy atom. The van der Waals surface area contributed by atoms with E-state index in [0.717, 1.165) is 43.4 Å². The maximum absolute atomic E-state index is 12.9. The number of aryl methyl sites for hydroxylation is 1. The first kappa shape index (κ1) is 15.4. The largest absolute Gasteiger partial charge is 0.374 e. The van der Waals surface area contributed by atoms with Crippen molar-refractivity contribution in [2.75, 3.05) is 19.7 Å². The van der Waals surface area contributed by atoms with Crippen LogP contribution in [0.1, 0.15) is 41.1 Å². The SMILES string of the molecule is O=C(c1onc2c1CCCC2)N1CCCO[C@@H](Cn2cccn2)C1. The Morgan fingerprint density at radius 2 is 2.21 bits per heavy atom. The molecule has 2 aromatic rings. The molecule has 1 aliphatic heterocycles. The quantitative estimate of drug-likeness (QED) is 0.856. The second kappa shape index (κ2) is 6.76. The Hall–Kier alpha value is -2.15. The van der Waals surface area contributed by atoms with Crippen molar-refractivity contribution in [2.45, 2.75) is 44.8 Å². The highest BCUT2D eigenvalue weighted by Crippen LogP contribution is 2.25. The van der Waals surface area contributed by atoms with E-state index in [0.29, 0.717) is 32.0 Å². The number of ether oxygens (including phenoxy) is 1. The average Bonchev–Trinajstić information content (AvgIpc) is 3.20. The lowest BCUT2D eigenvalue weighted by Crippen LogP contribution is -2.38. The summed E-state index contributed by atoms with van der Waals surface area (Å²) in [6.45, 7) is 2.54. The fraction of sp³-hybridized carbons (Fsp3) is 0.588. The molecule has 1 aliphatic carbocycles. The Labute approximate surface area is 140 Å². The van der Waals surface area contributed by atoms with Gasteiger partial charge in [-0.2, -0.15) is 5.10 Å². The Kier molecular flexibility index (Phi) is 4.34. The Bertz CT molecular complexity index is 695. The predicted octanol–water partition coefficient (Wildman–Crippen LogP) is 1.68. The van der Waals surface area contributed by atoms with Crippen LogP contribution in [0.15, 0.2) is 23.0 Å². The van der Waals surface area contributed by atoms with Crippen LogP contribution in [0.2, 0.25) is 0 Å². The minimum absolute atomic E-state index is 0.0541. The number of aromatic nitrogens is 3. The molecule has 1 atom stereocenters. The molecule has 0 bridgehead atoms. The van der Waals surface area contributed by atoms with Gasteiger partial charge in [0, 0.05) is 37.7 Å². The highest BCUT2D eigenvalue weighted by Gasteiger charge is 2.30. The predicted molar refractivity (Wildman–Crippen MR) is 85.6 cm³/mol. The normalized spacial score (nSPS) is 21.3. The number of carbonyl (C=O) groups excluding carboxylic acids is 1. The van der Waals surface area contributed by atoms with Gasteiger partial charge in [-0.3, -0.25) is 9.48 Å². The van der Waals surface area contributed by atoms with Crippen molar-refractivity contribution in [1.29, 1.82) is 0 Å². The number of rotatable bonds is 3. The van der Waals surface area contributed by atoms with Crippen molar-refractivity contribution in [3.63, 3.8) is 0 Å². The van der Waals surface area contributed by atoms with Crippen molar-refractivity contribution < 1.29 is 14.1 Å². The molecule has 7 nitrogen and oxygen atoms in total. The van der Waals surface area contributed by atoms with Crippen LogP contribution in [0.5, 0.6) is 0 Å². The van der Waals surface area contributed by atoms with Crippen LogP contribution >= 0.6 is 0 Å². The van der Waals surface area contributed by atoms with E-state index in [1.165, 1.54) is 0 Å². The van der Waals surface area contributed by atoms with Gasteiger partial charge in [-0.15, -0.1) is 0 Å². The van der Waals surface area contributed by atoms with Crippen LogP contribution in [0.25, 0.3) is 0 Å². The lowest BCUT2D eigenvalue weighted by Gasteiger charge is -2.23. The molecule has 7 heteroatoms. The zero-order valence-electron chi connectivity index (χ0n) is 13.7. The minimum Gasteiger partial charge on any atom is -0.374 e. The lowest BCUT2D eigenvalue weighted by molar-refractivity contribution is 0.0355. The van der Waals surface area contributed by atoms with Crippen LogP contribution < -0.4 is 0 Å². The molecule has 0 saturated carbocycles. The Morgan fingerprint density at radius 3 is 3.08 bits per heavy atom. The molecule has 3 heterocycles. The fourth-order valence-electron chi connectivity index (χ4n) is 3.51. The van der Waals surface area contributed by atoms with Crippen molar-refractivity contribution in [3.05, 3.63) is 35.5 Å². The molecule has 0 unspecified atom stereocenters. The second-order valence-electron chi connectivity index (χ2n) is 6.47. The minimum atomic E-state index is -0.0601. The van der Waals surface area contributed by atoms with E-state index >= 15 is 0 Å². The van der Waals surface area contributed by atoms with Crippen molar-refractivity contribution in [2.24, 2.45) is 0 Å². The third-order valence-corrected chi connectivity index (χ3v) is 4.74. The van der Waals surface area contributed by atoms with Gasteiger partial charge in [0.15, 0.2) is 0 Å². The number of hydrogen-bond acceptors (Lipinski definition) is 5. The van der Waals surface area contributed by atoms with Gasteiger partial charge in [0.05, 0.1) is 18.3 Å². The summed E-state index contributed by atoms with van der Waals surface area (Å²) in [4.78, 5) is 14.8. The average molecular weight is 330 g/mol. The Balaban J connectivity index is 1.49. The van der Waals surface area contributed by atoms with E-state index in [4.69, 9.17) is 9.26 Å². The summed E-state index contributed by atoms with van der Waals surface area (Å²) in [6, 6.07) is 1.89. The molecule has 2 aromatic heterocycles. The molecular formula is C17H22N4O3. The van der Waals surface area contributed by atoms with Gasteiger partial charge in [-0.25, -0.2) is 0 Å². The summed E-state index contributed by atoms with van der Waals surface area (Å²) in [5, 5.41) is 8.33. The van der Waals surface area contributed by atoms with Crippen LogP contribution in [-0.4, -0.2) is 51.5 Å². The zero-order valence-corrected chi connectivity index (χ0v) is 13.7. The molecule has 128 valence electrons. The van der Waals surface area contributed by atoms with Gasteiger partial charge in [0.1, 0.15) is 0 Å². The first-order valence-corrected chi connectivity index (χ1v) is 8.67. The molecular weight excluding hydrogens is 308 g/mol. The first-order chi connectivity index (χ1) is 11.8. The molecule has 1 fully saturated rings. The summed E-state index contributed by atoms with van der Waals surface area (Å²) >= 11 is 0. The summed E-state index contributed by atoms with van der Waals surface area (Å²) in [6.07, 6.45) is 8.45. The van der Waals surface area contributed by atoms with Gasteiger partial charge in [0.25, 0.3) is 5.91 Å². The number of hydrogen-bond donors (Lipinski definition) is 0. The summed E-state index contributed by atoms with van der Waals surface area (Å²) in [5.74, 6) is 0.381. The van der Waals surface area contributed by atoms with Crippen molar-refractivity contribution >= 4 is 5.91 Å². The summed E-state index contributed by atoms with van der Waals surface area (Å²) in [5.41, 5.74) is 1.98. The van der Waals surface area contributed by atoms with Crippen molar-refractivity contribution in [1.82, 2.24) is 19.8 Å². The van der Waals surface area contributed by atoms with E-state index in [9.17, 15) is 4.79 Å². The smallest absolute Gasteiger partial charge is 0.292 e. The van der Waals surface area contributed by atoms with Crippen LogP contribution in [0.4, 0.5) is 0 Å². The molecule has 4 rings (SSSR count). The molecule has 0 aromatic carbocycles. The van der Waals surface area contributed by atoms with Gasteiger partial charge < -0.3 is 14.2 Å². The highest BCUT2D eigenvalue weighted by molar-refractivity contribution is 5.93. The van der Waals surface area contributed by atoms with E-state index in [1.54, 1.807) is 6.20 Å². The van der Waals surface area contributed by atoms with Crippen LogP contribution in [-0.2, 0) is 24.1 Å². The lowest BCUT2D eigenvalue weighted by atomic mass is 9.96. The van der Waals surface area contributed by atoms with Gasteiger partial charge in [0.2, 0.25) is 5.76 Å². The van der Waals surface area contributed by atoms with E-state index < -0.39 is 0 Å². The molecule has 24 heavy (non-hydrogen) atoms. The molecule has 1 saturated heterocycles. The zero-order chi connectivity index (χ0) is 16.4. The number of fused-ring (bicyclic) bond motifs is 1. The third-order valence-electron chi connectivity index (χ3n) is 4.74. The number of nitrogens with zero attached hydrogens (tertiary/aromatic N) is 4. The van der Waals surface area contributed by atoms with Gasteiger partial charge >= 0.3 is 0 Å². The summed E-state index contributed by atoms with van der Waals surface area (Å²) in [7, 11) is 0. The number of carbonyl (C=O) groups is 1. The molecule has 2 aliphatic rings. The van der Waals surface area contributed by atoms with Gasteiger partial charge in [-0.1, -0.05) is 5.16 Å². The molecule has 0 radical (unpaired) electrons. The maximum Gasteiger partial charge on any atom is 0.292 e. The third kappa shape index (κ3) is 3.08. The number of amides is 1. The fourth-order valence-corrected chi connectivity index (χ4v) is 3.51. The van der Waals surface area contributed by atoms with E-state index in [-0.39, 0.29) is 12.0 Å². The molecule has 0 spiro atoms. The second-order valence-corrected chi connectivity index (χ2v) is 6.47. The maximum atomic E-state index is 12.9. The summed E-state index contributed by atoms with van der Waals surface area (Å²) < 4.78 is 13.1. The van der Waals surface area contributed by atoms with E-state index in [1.807, 2.05) is 21.8 Å². The topological polar surface area (TPSA) is 73.4 Å². The van der Waals surface area contributed by atoms with Crippen molar-refractivity contribution in [3.8, 4) is 0 Å². The van der Waals surface area contributed by atoms with Crippen LogP contribution in [0.3, 0.4) is 0 Å². The first-order valence-electron chi connectivity index (χ1n) is 8.67.